The third kappa shape index (κ3) is 2.70. The van der Waals surface area contributed by atoms with Crippen LogP contribution in [0, 0.1) is 0 Å². The van der Waals surface area contributed by atoms with Crippen LogP contribution in [0.1, 0.15) is 18.3 Å². The van der Waals surface area contributed by atoms with Gasteiger partial charge >= 0.3 is 0 Å². The van der Waals surface area contributed by atoms with Gasteiger partial charge in [-0.2, -0.15) is 0 Å². The summed E-state index contributed by atoms with van der Waals surface area (Å²) in [5.74, 6) is 0. The molecule has 0 saturated heterocycles. The molecule has 0 atom stereocenters. The highest BCUT2D eigenvalue weighted by Crippen LogP contribution is 1.98. The van der Waals surface area contributed by atoms with E-state index >= 15 is 0 Å². The second-order valence-electron chi connectivity index (χ2n) is 3.67. The summed E-state index contributed by atoms with van der Waals surface area (Å²) >= 11 is 0. The number of H-pyrrole nitrogens is 1. The Bertz CT molecular complexity index is 404. The Hall–Kier alpha value is -1.62. The topological polar surface area (TPSA) is 58.5 Å². The molecule has 0 amide bonds. The van der Waals surface area contributed by atoms with E-state index in [1.165, 1.54) is 5.69 Å². The van der Waals surface area contributed by atoms with Gasteiger partial charge in [-0.05, 0) is 6.92 Å². The van der Waals surface area contributed by atoms with Crippen LogP contribution in [0.5, 0.6) is 0 Å². The molecule has 0 saturated carbocycles. The van der Waals surface area contributed by atoms with Gasteiger partial charge in [0.2, 0.25) is 0 Å². The van der Waals surface area contributed by atoms with Gasteiger partial charge in [0.1, 0.15) is 0 Å². The Morgan fingerprint density at radius 2 is 2.31 bits per heavy atom. The first-order valence-electron chi connectivity index (χ1n) is 5.57. The first-order chi connectivity index (χ1) is 7.90. The van der Waals surface area contributed by atoms with E-state index in [4.69, 9.17) is 0 Å². The maximum atomic E-state index is 4.13. The number of rotatable bonds is 6. The fourth-order valence-corrected chi connectivity index (χ4v) is 1.64. The lowest BCUT2D eigenvalue weighted by Gasteiger charge is -2.06. The highest BCUT2D eigenvalue weighted by atomic mass is 15.1. The lowest BCUT2D eigenvalue weighted by Crippen LogP contribution is -2.18. The molecule has 0 bridgehead atoms. The molecule has 0 aliphatic rings. The van der Waals surface area contributed by atoms with Crippen LogP contribution in [-0.2, 0) is 19.5 Å². The molecule has 5 nitrogen and oxygen atoms in total. The maximum absolute atomic E-state index is 4.13. The van der Waals surface area contributed by atoms with Crippen LogP contribution in [0.2, 0.25) is 0 Å². The minimum Gasteiger partial charge on any atom is -0.348 e. The smallest absolute Gasteiger partial charge is 0.0948 e. The second kappa shape index (κ2) is 5.46. The predicted molar refractivity (Wildman–Crippen MR) is 61.9 cm³/mol. The largest absolute Gasteiger partial charge is 0.348 e. The number of hydrogen-bond donors (Lipinski definition) is 2. The van der Waals surface area contributed by atoms with Crippen molar-refractivity contribution < 1.29 is 0 Å². The molecule has 0 aliphatic carbocycles. The van der Waals surface area contributed by atoms with E-state index in [2.05, 4.69) is 31.8 Å². The summed E-state index contributed by atoms with van der Waals surface area (Å²) in [7, 11) is 0. The van der Waals surface area contributed by atoms with Gasteiger partial charge in [-0.1, -0.05) is 0 Å². The van der Waals surface area contributed by atoms with Crippen molar-refractivity contribution in [2.45, 2.75) is 26.4 Å². The molecule has 2 heterocycles. The number of hydrogen-bond acceptors (Lipinski definition) is 3. The van der Waals surface area contributed by atoms with Crippen molar-refractivity contribution >= 4 is 0 Å². The molecule has 0 spiro atoms. The Kier molecular flexibility index (Phi) is 3.71. The van der Waals surface area contributed by atoms with Crippen LogP contribution in [0.3, 0.4) is 0 Å². The van der Waals surface area contributed by atoms with E-state index in [1.54, 1.807) is 6.33 Å². The van der Waals surface area contributed by atoms with E-state index in [0.29, 0.717) is 0 Å². The van der Waals surface area contributed by atoms with Crippen LogP contribution in [0.15, 0.2) is 25.0 Å². The van der Waals surface area contributed by atoms with Crippen molar-refractivity contribution in [3.63, 3.8) is 0 Å². The lowest BCUT2D eigenvalue weighted by molar-refractivity contribution is 0.625. The van der Waals surface area contributed by atoms with Crippen LogP contribution in [-0.4, -0.2) is 26.1 Å². The molecule has 5 heteroatoms. The molecular formula is C11H17N5. The molecule has 2 aromatic rings. The quantitative estimate of drug-likeness (QED) is 0.711. The molecule has 86 valence electrons. The minimum atomic E-state index is 0.863. The first-order valence-corrected chi connectivity index (χ1v) is 5.57. The number of aryl methyl sites for hydroxylation is 1. The Morgan fingerprint density at radius 3 is 3.06 bits per heavy atom. The van der Waals surface area contributed by atoms with Gasteiger partial charge in [0.05, 0.1) is 18.3 Å². The fraction of sp³-hybridized carbons (Fsp3) is 0.455. The average Bonchev–Trinajstić information content (AvgIpc) is 2.95. The van der Waals surface area contributed by atoms with Crippen LogP contribution < -0.4 is 5.32 Å². The molecule has 2 N–H and O–H groups in total. The predicted octanol–water partition coefficient (Wildman–Crippen LogP) is 0.958. The number of aromatic amines is 1. The zero-order valence-electron chi connectivity index (χ0n) is 9.48. The van der Waals surface area contributed by atoms with E-state index < -0.39 is 0 Å². The van der Waals surface area contributed by atoms with E-state index in [-0.39, 0.29) is 0 Å². The van der Waals surface area contributed by atoms with Crippen LogP contribution >= 0.6 is 0 Å². The molecular weight excluding hydrogens is 202 g/mol. The van der Waals surface area contributed by atoms with Gasteiger partial charge in [-0.25, -0.2) is 9.97 Å². The summed E-state index contributed by atoms with van der Waals surface area (Å²) in [5, 5.41) is 3.39. The summed E-state index contributed by atoms with van der Waals surface area (Å²) in [6.07, 6.45) is 8.32. The van der Waals surface area contributed by atoms with Crippen molar-refractivity contribution in [2.24, 2.45) is 0 Å². The maximum Gasteiger partial charge on any atom is 0.0948 e. The van der Waals surface area contributed by atoms with E-state index in [1.807, 2.05) is 18.7 Å². The zero-order chi connectivity index (χ0) is 11.2. The molecule has 16 heavy (non-hydrogen) atoms. The van der Waals surface area contributed by atoms with Crippen molar-refractivity contribution in [1.82, 2.24) is 24.8 Å². The van der Waals surface area contributed by atoms with Crippen molar-refractivity contribution in [3.05, 3.63) is 36.4 Å². The highest BCUT2D eigenvalue weighted by Gasteiger charge is 1.99. The monoisotopic (exact) mass is 219 g/mol. The summed E-state index contributed by atoms with van der Waals surface area (Å²) in [5.41, 5.74) is 2.39. The Labute approximate surface area is 94.9 Å². The van der Waals surface area contributed by atoms with E-state index in [0.717, 1.165) is 31.7 Å². The van der Waals surface area contributed by atoms with Gasteiger partial charge in [0.25, 0.3) is 0 Å². The number of nitrogens with one attached hydrogen (secondary N) is 2. The minimum absolute atomic E-state index is 0.863. The van der Waals surface area contributed by atoms with Crippen molar-refractivity contribution in [1.29, 1.82) is 0 Å². The van der Waals surface area contributed by atoms with Gasteiger partial charge < -0.3 is 14.9 Å². The van der Waals surface area contributed by atoms with Crippen LogP contribution in [0.25, 0.3) is 0 Å². The molecule has 2 rings (SSSR count). The SMILES string of the molecule is CCn1cncc1CNCCc1cnc[nH]1. The molecule has 2 aromatic heterocycles. The van der Waals surface area contributed by atoms with Crippen molar-refractivity contribution in [2.75, 3.05) is 6.54 Å². The molecule has 0 unspecified atom stereocenters. The molecule has 0 aliphatic heterocycles. The second-order valence-corrected chi connectivity index (χ2v) is 3.67. The van der Waals surface area contributed by atoms with Gasteiger partial charge in [0.15, 0.2) is 0 Å². The zero-order valence-corrected chi connectivity index (χ0v) is 9.48. The Morgan fingerprint density at radius 1 is 1.38 bits per heavy atom. The molecule has 0 fully saturated rings. The fourth-order valence-electron chi connectivity index (χ4n) is 1.64. The van der Waals surface area contributed by atoms with Gasteiger partial charge in [-0.3, -0.25) is 0 Å². The summed E-state index contributed by atoms with van der Waals surface area (Å²) in [6.45, 7) is 4.90. The average molecular weight is 219 g/mol. The standard InChI is InChI=1S/C11H17N5/c1-2-16-9-14-7-11(16)6-12-4-3-10-5-13-8-15-10/h5,7-9,12H,2-4,6H2,1H3,(H,13,15). The number of nitrogens with zero attached hydrogens (tertiary/aromatic N) is 3. The van der Waals surface area contributed by atoms with Gasteiger partial charge in [-0.15, -0.1) is 0 Å². The number of imidazole rings is 2. The molecule has 0 radical (unpaired) electrons. The van der Waals surface area contributed by atoms with Crippen molar-refractivity contribution in [3.8, 4) is 0 Å². The molecule has 0 aromatic carbocycles. The summed E-state index contributed by atoms with van der Waals surface area (Å²) < 4.78 is 2.14. The highest BCUT2D eigenvalue weighted by molar-refractivity contribution is 4.98. The summed E-state index contributed by atoms with van der Waals surface area (Å²) in [4.78, 5) is 11.2. The lowest BCUT2D eigenvalue weighted by atomic mass is 10.3. The Balaban J connectivity index is 1.72. The third-order valence-electron chi connectivity index (χ3n) is 2.57. The third-order valence-corrected chi connectivity index (χ3v) is 2.57. The van der Waals surface area contributed by atoms with Gasteiger partial charge in [0, 0.05) is 44.1 Å². The normalized spacial score (nSPS) is 10.8. The summed E-state index contributed by atoms with van der Waals surface area (Å²) in [6, 6.07) is 0. The van der Waals surface area contributed by atoms with E-state index in [9.17, 15) is 0 Å². The number of aromatic nitrogens is 4. The van der Waals surface area contributed by atoms with Crippen LogP contribution in [0.4, 0.5) is 0 Å². The first kappa shape index (κ1) is 10.9.